The Bertz CT molecular complexity index is 2780. The largest absolute Gasteiger partial charge is 0.390 e. The van der Waals surface area contributed by atoms with Gasteiger partial charge in [-0.3, -0.25) is 19.1 Å². The van der Waals surface area contributed by atoms with Gasteiger partial charge in [-0.1, -0.05) is 48.5 Å². The van der Waals surface area contributed by atoms with E-state index in [0.717, 1.165) is 122 Å². The third kappa shape index (κ3) is 11.0. The van der Waals surface area contributed by atoms with Crippen molar-refractivity contribution < 1.29 is 29.7 Å². The van der Waals surface area contributed by atoms with Gasteiger partial charge in [0, 0.05) is 24.0 Å². The van der Waals surface area contributed by atoms with E-state index in [-0.39, 0.29) is 28.1 Å². The predicted molar refractivity (Wildman–Crippen MR) is 332 cm³/mol. The third-order valence-corrected chi connectivity index (χ3v) is 29.7. The fraction of sp³-hybridized carbons (Fsp3) is 0.904. The van der Waals surface area contributed by atoms with Crippen LogP contribution in [0.4, 0.5) is 0 Å². The first kappa shape index (κ1) is 62.4. The molecule has 0 bridgehead atoms. The van der Waals surface area contributed by atoms with Gasteiger partial charge in [-0.05, 0) is 334 Å². The molecule has 14 rings (SSSR count). The number of aromatic nitrogens is 6. The number of aliphatic hydroxyl groups is 3. The molecule has 0 aromatic carbocycles. The number of rotatable bonds is 7. The van der Waals surface area contributed by atoms with Gasteiger partial charge in [0.25, 0.3) is 0 Å². The van der Waals surface area contributed by atoms with Gasteiger partial charge >= 0.3 is 0 Å². The van der Waals surface area contributed by atoms with Gasteiger partial charge in [-0.15, -0.1) is 5.10 Å². The van der Waals surface area contributed by atoms with Crippen molar-refractivity contribution in [3.8, 4) is 0 Å². The van der Waals surface area contributed by atoms with Gasteiger partial charge < -0.3 is 15.3 Å². The van der Waals surface area contributed by atoms with E-state index in [1.165, 1.54) is 103 Å². The van der Waals surface area contributed by atoms with Crippen LogP contribution in [0.1, 0.15) is 242 Å². The molecule has 12 aliphatic rings. The minimum absolute atomic E-state index is 0.100. The number of tetrazole rings is 1. The number of hydrogen-bond acceptors (Lipinski definition) is 10. The zero-order chi connectivity index (χ0) is 60.7. The van der Waals surface area contributed by atoms with Crippen molar-refractivity contribution in [2.24, 2.45) is 140 Å². The Morgan fingerprint density at radius 1 is 0.506 bits per heavy atom. The maximum Gasteiger partial charge on any atom is 0.158 e. The van der Waals surface area contributed by atoms with Crippen LogP contribution in [0.25, 0.3) is 0 Å². The summed E-state index contributed by atoms with van der Waals surface area (Å²) in [6, 6.07) is 0. The number of nitrogens with zero attached hydrogens (tertiary/aromatic N) is 6. The Hall–Kier alpha value is -2.83. The average Bonchev–Trinajstić information content (AvgIpc) is 1.91. The number of Topliss-reactive ketones (excluding diaryl/α,β-unsaturated/α-hetero) is 3. The molecule has 12 aliphatic carbocycles. The van der Waals surface area contributed by atoms with Crippen molar-refractivity contribution >= 4 is 17.3 Å². The lowest BCUT2D eigenvalue weighted by Crippen LogP contribution is -2.55. The van der Waals surface area contributed by atoms with Crippen LogP contribution >= 0.6 is 0 Å². The summed E-state index contributed by atoms with van der Waals surface area (Å²) in [6.45, 7) is 29.4. The quantitative estimate of drug-likeness (QED) is 0.242. The molecule has 27 atom stereocenters. The van der Waals surface area contributed by atoms with Crippen molar-refractivity contribution in [2.75, 3.05) is 0 Å². The predicted octanol–water partition coefficient (Wildman–Crippen LogP) is 14.1. The molecule has 0 saturated heterocycles. The van der Waals surface area contributed by atoms with Crippen LogP contribution in [0.15, 0.2) is 12.4 Å². The van der Waals surface area contributed by atoms with E-state index in [9.17, 15) is 29.7 Å². The zero-order valence-corrected chi connectivity index (χ0v) is 55.3. The first-order chi connectivity index (χ1) is 40.0. The molecule has 0 amide bonds. The van der Waals surface area contributed by atoms with Gasteiger partial charge in [0.05, 0.1) is 29.5 Å². The van der Waals surface area contributed by atoms with Crippen molar-refractivity contribution in [2.45, 2.75) is 274 Å². The molecular formula is C73H116N6O6. The van der Waals surface area contributed by atoms with Gasteiger partial charge in [0.2, 0.25) is 0 Å². The Labute approximate surface area is 512 Å². The molecule has 0 aliphatic heterocycles. The minimum Gasteiger partial charge on any atom is -0.390 e. The second kappa shape index (κ2) is 22.5. The number of fused-ring (bicyclic) bond motifs is 15. The van der Waals surface area contributed by atoms with E-state index in [1.54, 1.807) is 4.68 Å². The second-order valence-electron chi connectivity index (χ2n) is 35.1. The summed E-state index contributed by atoms with van der Waals surface area (Å²) in [4.78, 5) is 39.3. The fourth-order valence-corrected chi connectivity index (χ4v) is 26.4. The number of ketones is 3. The first-order valence-corrected chi connectivity index (χ1v) is 35.4. The molecule has 474 valence electrons. The van der Waals surface area contributed by atoms with Gasteiger partial charge in [-0.2, -0.15) is 5.10 Å². The summed E-state index contributed by atoms with van der Waals surface area (Å²) in [7, 11) is 0. The maximum atomic E-state index is 13.5. The SMILES string of the molecule is CC(=O)[C@H]1[C@H](C)C[C@H]2[C@@H]3CC[C@@H]4C[C@](C)(O)CC[C@@H]4[C@H]3CC[C@@]21C.Cc1cnn(CC(=O)[C@H]2[C@H](C)C[C@H]3[C@@H]4CC[C@@H]5C[C@](C)(O)CC[C@@H]5[C@H]4CC[C@@]32C)c1.Cc1nnnn1CC(=O)[C@H]1[C@H](C)C[C@H]2[C@@H]3CC[C@H]4C[C@](C)(O)CC[C@]4(C)[C@H]3CC[C@@]21C. The van der Waals surface area contributed by atoms with Crippen LogP contribution in [0.2, 0.25) is 0 Å². The summed E-state index contributed by atoms with van der Waals surface area (Å²) < 4.78 is 3.50. The van der Waals surface area contributed by atoms with Crippen LogP contribution < -0.4 is 0 Å². The molecule has 0 unspecified atom stereocenters. The normalized spacial score (nSPS) is 51.0. The Balaban J connectivity index is 0.000000126. The standard InChI is InChI=1S/C26H40N2O2.C25H40N4O2.C22H36O2/c1-16-13-27-28(14-16)15-23(29)24-17(2)11-22-21-6-5-18-12-25(3,30)9-7-19(18)20(21)8-10-26(22,24)4;1-15-12-20-18-7-6-17-13-23(3,31)10-11-24(17,4)19(18)8-9-25(20,5)22(15)21(30)14-29-16(2)26-27-28-29;1-13-11-19-18-6-5-15-12-21(3,24)9-7-16(15)17(18)8-10-22(19,4)20(13)14(2)23/h13-14,17-22,24,30H,5-12,15H2,1-4H3;15,17-20,22,31H,6-14H2,1-5H3;13,15-20,24H,5-12H2,1-4H3/t17-,18-,19+,20-,21-,22+,24-,25-,26+;15-,17+,18-,19+,20+,22-,23-,24+,25+;13-,15-,16+,17-,18-,19+,20-,21-,22+/m111/s1. The molecule has 2 aromatic heterocycles. The van der Waals surface area contributed by atoms with Crippen LogP contribution in [-0.2, 0) is 27.5 Å². The number of hydrogen-bond donors (Lipinski definition) is 3. The lowest BCUT2D eigenvalue weighted by atomic mass is 9.44. The Morgan fingerprint density at radius 2 is 0.976 bits per heavy atom. The molecule has 12 heteroatoms. The number of carbonyl (C=O) groups is 3. The van der Waals surface area contributed by atoms with Crippen molar-refractivity contribution in [3.05, 3.63) is 23.8 Å². The van der Waals surface area contributed by atoms with Crippen molar-refractivity contribution in [3.63, 3.8) is 0 Å². The van der Waals surface area contributed by atoms with Crippen molar-refractivity contribution in [1.82, 2.24) is 30.0 Å². The summed E-state index contributed by atoms with van der Waals surface area (Å²) >= 11 is 0. The van der Waals surface area contributed by atoms with Crippen LogP contribution in [0, 0.1) is 154 Å². The van der Waals surface area contributed by atoms with E-state index in [2.05, 4.69) is 69.1 Å². The smallest absolute Gasteiger partial charge is 0.158 e. The molecular weight excluding hydrogens is 1060 g/mol. The lowest BCUT2D eigenvalue weighted by molar-refractivity contribution is -0.151. The lowest BCUT2D eigenvalue weighted by Gasteiger charge is -2.61. The van der Waals surface area contributed by atoms with E-state index in [4.69, 9.17) is 0 Å². The second-order valence-corrected chi connectivity index (χ2v) is 35.1. The number of carbonyl (C=O) groups excluding carboxylic acids is 3. The zero-order valence-electron chi connectivity index (χ0n) is 55.3. The van der Waals surface area contributed by atoms with E-state index < -0.39 is 16.8 Å². The maximum absolute atomic E-state index is 13.5. The molecule has 12 fully saturated rings. The van der Waals surface area contributed by atoms with Gasteiger partial charge in [-0.25, -0.2) is 4.68 Å². The topological polar surface area (TPSA) is 173 Å². The summed E-state index contributed by atoms with van der Waals surface area (Å²) in [5.41, 5.74) is 0.667. The van der Waals surface area contributed by atoms with Crippen LogP contribution in [-0.4, -0.2) is 79.5 Å². The first-order valence-electron chi connectivity index (χ1n) is 35.4. The Kier molecular flexibility index (Phi) is 16.5. The average molecular weight is 1170 g/mol. The Morgan fingerprint density at radius 3 is 1.48 bits per heavy atom. The number of aryl methyl sites for hydroxylation is 2. The molecule has 0 radical (unpaired) electrons. The highest BCUT2D eigenvalue weighted by molar-refractivity contribution is 5.83. The summed E-state index contributed by atoms with van der Waals surface area (Å²) in [6.07, 6.45) is 32.3. The van der Waals surface area contributed by atoms with Crippen molar-refractivity contribution in [1.29, 1.82) is 0 Å². The summed E-state index contributed by atoms with van der Waals surface area (Å²) in [5.74, 6) is 14.7. The minimum atomic E-state index is -0.478. The molecule has 12 saturated carbocycles. The highest BCUT2D eigenvalue weighted by Crippen LogP contribution is 2.71. The van der Waals surface area contributed by atoms with Gasteiger partial charge in [0.1, 0.15) is 18.2 Å². The van der Waals surface area contributed by atoms with Gasteiger partial charge in [0.15, 0.2) is 11.6 Å². The van der Waals surface area contributed by atoms with Crippen LogP contribution in [0.3, 0.4) is 0 Å². The van der Waals surface area contributed by atoms with E-state index in [0.29, 0.717) is 83.1 Å². The molecule has 12 nitrogen and oxygen atoms in total. The highest BCUT2D eigenvalue weighted by Gasteiger charge is 2.65. The molecule has 0 spiro atoms. The highest BCUT2D eigenvalue weighted by atomic mass is 16.3. The monoisotopic (exact) mass is 1170 g/mol. The van der Waals surface area contributed by atoms with E-state index >= 15 is 0 Å². The molecule has 85 heavy (non-hydrogen) atoms. The molecule has 2 heterocycles. The van der Waals surface area contributed by atoms with E-state index in [1.807, 2.05) is 58.6 Å². The summed E-state index contributed by atoms with van der Waals surface area (Å²) in [5, 5.41) is 47.9. The fourth-order valence-electron chi connectivity index (χ4n) is 26.4. The molecule has 2 aromatic rings. The van der Waals surface area contributed by atoms with Crippen LogP contribution in [0.5, 0.6) is 0 Å². The third-order valence-electron chi connectivity index (χ3n) is 29.7. The molecule has 3 N–H and O–H groups in total.